The van der Waals surface area contributed by atoms with Crippen molar-refractivity contribution in [1.29, 1.82) is 0 Å². The van der Waals surface area contributed by atoms with Gasteiger partial charge in [0, 0.05) is 26.1 Å². The zero-order valence-corrected chi connectivity index (χ0v) is 13.4. The molecule has 1 aliphatic rings. The molecule has 0 aliphatic carbocycles. The molecule has 2 unspecified atom stereocenters. The molecule has 108 valence electrons. The van der Waals surface area contributed by atoms with E-state index in [4.69, 9.17) is 10.5 Å². The average Bonchev–Trinajstić information content (AvgIpc) is 2.64. The van der Waals surface area contributed by atoms with Gasteiger partial charge in [0.1, 0.15) is 0 Å². The monoisotopic (exact) mass is 329 g/mol. The Hall–Kier alpha value is -0.390. The largest absolute Gasteiger partial charge is 0.378 e. The standard InChI is InChI=1S/C14H24BrN3O/c1-10-14(15)13(18(2)17-10)9-11(16)6-7-12-5-3-4-8-19-12/h11-12H,3-9,16H2,1-2H3. The molecule has 19 heavy (non-hydrogen) atoms. The zero-order chi connectivity index (χ0) is 13.8. The smallest absolute Gasteiger partial charge is 0.0738 e. The maximum atomic E-state index is 6.25. The first kappa shape index (κ1) is 15.0. The summed E-state index contributed by atoms with van der Waals surface area (Å²) in [5.74, 6) is 0. The van der Waals surface area contributed by atoms with Crippen molar-refractivity contribution in [2.45, 2.75) is 57.6 Å². The van der Waals surface area contributed by atoms with Crippen LogP contribution in [-0.4, -0.2) is 28.5 Å². The predicted molar refractivity (Wildman–Crippen MR) is 80.1 cm³/mol. The molecule has 2 N–H and O–H groups in total. The van der Waals surface area contributed by atoms with Crippen LogP contribution in [0.4, 0.5) is 0 Å². The number of hydrogen-bond donors (Lipinski definition) is 1. The summed E-state index contributed by atoms with van der Waals surface area (Å²) in [7, 11) is 1.98. The molecule has 0 spiro atoms. The van der Waals surface area contributed by atoms with E-state index in [1.54, 1.807) is 0 Å². The third kappa shape index (κ3) is 4.04. The molecule has 2 rings (SSSR count). The number of halogens is 1. The summed E-state index contributed by atoms with van der Waals surface area (Å²) in [5.41, 5.74) is 8.47. The summed E-state index contributed by atoms with van der Waals surface area (Å²) in [4.78, 5) is 0. The lowest BCUT2D eigenvalue weighted by atomic mass is 10.00. The minimum atomic E-state index is 0.177. The SMILES string of the molecule is Cc1nn(C)c(CC(N)CCC2CCCCO2)c1Br. The van der Waals surface area contributed by atoms with Crippen LogP contribution in [0, 0.1) is 6.92 Å². The predicted octanol–water partition coefficient (Wildman–Crippen LogP) is 2.71. The number of aromatic nitrogens is 2. The van der Waals surface area contributed by atoms with E-state index < -0.39 is 0 Å². The Balaban J connectivity index is 1.81. The van der Waals surface area contributed by atoms with Crippen LogP contribution in [0.25, 0.3) is 0 Å². The number of hydrogen-bond acceptors (Lipinski definition) is 3. The van der Waals surface area contributed by atoms with E-state index in [1.807, 2.05) is 18.7 Å². The van der Waals surface area contributed by atoms with E-state index >= 15 is 0 Å². The van der Waals surface area contributed by atoms with Gasteiger partial charge in [0.25, 0.3) is 0 Å². The van der Waals surface area contributed by atoms with E-state index in [9.17, 15) is 0 Å². The maximum Gasteiger partial charge on any atom is 0.0738 e. The van der Waals surface area contributed by atoms with Crippen LogP contribution in [0.3, 0.4) is 0 Å². The van der Waals surface area contributed by atoms with Crippen molar-refractivity contribution in [3.05, 3.63) is 15.9 Å². The number of aryl methyl sites for hydroxylation is 2. The van der Waals surface area contributed by atoms with E-state index in [0.29, 0.717) is 6.10 Å². The zero-order valence-electron chi connectivity index (χ0n) is 11.9. The van der Waals surface area contributed by atoms with Crippen LogP contribution in [0.15, 0.2) is 4.47 Å². The summed E-state index contributed by atoms with van der Waals surface area (Å²) in [6.07, 6.45) is 7.09. The molecule has 1 fully saturated rings. The molecule has 1 aliphatic heterocycles. The molecule has 1 saturated heterocycles. The van der Waals surface area contributed by atoms with Crippen molar-refractivity contribution in [2.75, 3.05) is 6.61 Å². The first-order valence-electron chi connectivity index (χ1n) is 7.13. The Kier molecular flexibility index (Phi) is 5.42. The van der Waals surface area contributed by atoms with Crippen molar-refractivity contribution >= 4 is 15.9 Å². The normalized spacial score (nSPS) is 21.6. The van der Waals surface area contributed by atoms with Crippen LogP contribution < -0.4 is 5.73 Å². The molecule has 4 nitrogen and oxygen atoms in total. The molecule has 1 aromatic heterocycles. The number of nitrogens with zero attached hydrogens (tertiary/aromatic N) is 2. The molecule has 0 aromatic carbocycles. The molecule has 0 bridgehead atoms. The van der Waals surface area contributed by atoms with E-state index in [2.05, 4.69) is 21.0 Å². The molecule has 5 heteroatoms. The van der Waals surface area contributed by atoms with Crippen LogP contribution in [0.2, 0.25) is 0 Å². The lowest BCUT2D eigenvalue weighted by molar-refractivity contribution is 0.00913. The summed E-state index contributed by atoms with van der Waals surface area (Å²) < 4.78 is 8.77. The fraction of sp³-hybridized carbons (Fsp3) is 0.786. The minimum absolute atomic E-state index is 0.177. The van der Waals surface area contributed by atoms with Crippen molar-refractivity contribution in [2.24, 2.45) is 12.8 Å². The van der Waals surface area contributed by atoms with Gasteiger partial charge in [-0.25, -0.2) is 0 Å². The van der Waals surface area contributed by atoms with Crippen molar-refractivity contribution in [3.63, 3.8) is 0 Å². The molecular weight excluding hydrogens is 306 g/mol. The quantitative estimate of drug-likeness (QED) is 0.903. The molecule has 0 amide bonds. The lowest BCUT2D eigenvalue weighted by Gasteiger charge is -2.23. The van der Waals surface area contributed by atoms with Crippen LogP contribution in [-0.2, 0) is 18.2 Å². The Labute approximate surface area is 123 Å². The Morgan fingerprint density at radius 2 is 2.32 bits per heavy atom. The first-order chi connectivity index (χ1) is 9.08. The van der Waals surface area contributed by atoms with Crippen LogP contribution in [0.1, 0.15) is 43.5 Å². The van der Waals surface area contributed by atoms with E-state index in [-0.39, 0.29) is 6.04 Å². The van der Waals surface area contributed by atoms with E-state index in [1.165, 1.54) is 25.0 Å². The highest BCUT2D eigenvalue weighted by atomic mass is 79.9. The van der Waals surface area contributed by atoms with Crippen molar-refractivity contribution in [1.82, 2.24) is 9.78 Å². The number of ether oxygens (including phenoxy) is 1. The van der Waals surface area contributed by atoms with Crippen LogP contribution >= 0.6 is 15.9 Å². The Morgan fingerprint density at radius 1 is 1.53 bits per heavy atom. The molecule has 0 radical (unpaired) electrons. The second-order valence-corrected chi connectivity index (χ2v) is 6.29. The van der Waals surface area contributed by atoms with Gasteiger partial charge in [-0.1, -0.05) is 0 Å². The molecular formula is C14H24BrN3O. The number of rotatable bonds is 5. The van der Waals surface area contributed by atoms with Gasteiger partial charge < -0.3 is 10.5 Å². The minimum Gasteiger partial charge on any atom is -0.378 e. The summed E-state index contributed by atoms with van der Waals surface area (Å²) >= 11 is 3.59. The Bertz CT molecular complexity index is 413. The third-order valence-electron chi connectivity index (χ3n) is 3.85. The highest BCUT2D eigenvalue weighted by Gasteiger charge is 2.18. The third-order valence-corrected chi connectivity index (χ3v) is 4.88. The van der Waals surface area contributed by atoms with Gasteiger partial charge in [-0.3, -0.25) is 4.68 Å². The van der Waals surface area contributed by atoms with Gasteiger partial charge in [-0.05, 0) is 55.0 Å². The molecule has 1 aromatic rings. The van der Waals surface area contributed by atoms with E-state index in [0.717, 1.165) is 36.0 Å². The van der Waals surface area contributed by atoms with Gasteiger partial charge >= 0.3 is 0 Å². The number of nitrogens with two attached hydrogens (primary N) is 1. The highest BCUT2D eigenvalue weighted by molar-refractivity contribution is 9.10. The molecule has 0 saturated carbocycles. The second kappa shape index (κ2) is 6.86. The van der Waals surface area contributed by atoms with Gasteiger partial charge in [-0.15, -0.1) is 0 Å². The fourth-order valence-corrected chi connectivity index (χ4v) is 3.19. The van der Waals surface area contributed by atoms with Crippen molar-refractivity contribution < 1.29 is 4.74 Å². The maximum absolute atomic E-state index is 6.25. The van der Waals surface area contributed by atoms with Gasteiger partial charge in [-0.2, -0.15) is 5.10 Å². The average molecular weight is 330 g/mol. The highest BCUT2D eigenvalue weighted by Crippen LogP contribution is 2.23. The molecule has 2 heterocycles. The van der Waals surface area contributed by atoms with Gasteiger partial charge in [0.15, 0.2) is 0 Å². The van der Waals surface area contributed by atoms with Crippen LogP contribution in [0.5, 0.6) is 0 Å². The summed E-state index contributed by atoms with van der Waals surface area (Å²) in [5, 5.41) is 4.40. The first-order valence-corrected chi connectivity index (χ1v) is 7.92. The topological polar surface area (TPSA) is 53.1 Å². The van der Waals surface area contributed by atoms with Crippen molar-refractivity contribution in [3.8, 4) is 0 Å². The summed E-state index contributed by atoms with van der Waals surface area (Å²) in [6, 6.07) is 0.177. The van der Waals surface area contributed by atoms with Gasteiger partial charge in [0.05, 0.1) is 22.0 Å². The Morgan fingerprint density at radius 3 is 2.89 bits per heavy atom. The second-order valence-electron chi connectivity index (χ2n) is 5.50. The van der Waals surface area contributed by atoms with Gasteiger partial charge in [0.2, 0.25) is 0 Å². The lowest BCUT2D eigenvalue weighted by Crippen LogP contribution is -2.27. The fourth-order valence-electron chi connectivity index (χ4n) is 2.69. The molecule has 2 atom stereocenters. The summed E-state index contributed by atoms with van der Waals surface area (Å²) in [6.45, 7) is 2.93.